The number of anilines is 1. The summed E-state index contributed by atoms with van der Waals surface area (Å²) < 4.78 is 10.9. The zero-order chi connectivity index (χ0) is 18.9. The van der Waals surface area contributed by atoms with E-state index in [-0.39, 0.29) is 0 Å². The Balaban J connectivity index is 1.42. The van der Waals surface area contributed by atoms with E-state index in [1.165, 1.54) is 5.69 Å². The summed E-state index contributed by atoms with van der Waals surface area (Å²) in [5.74, 6) is 2.58. The highest BCUT2D eigenvalue weighted by molar-refractivity contribution is 5.80. The Morgan fingerprint density at radius 3 is 2.52 bits per heavy atom. The number of nitrogens with one attached hydrogen (secondary N) is 1. The first-order chi connectivity index (χ1) is 13.3. The van der Waals surface area contributed by atoms with Crippen molar-refractivity contribution in [3.05, 3.63) is 48.8 Å². The Morgan fingerprint density at radius 1 is 1.11 bits per heavy atom. The number of aliphatic imine (C=N–C) groups is 1. The molecule has 7 nitrogen and oxygen atoms in total. The molecular formula is C20H27N5O2. The molecule has 0 radical (unpaired) electrons. The van der Waals surface area contributed by atoms with Gasteiger partial charge in [0.2, 0.25) is 0 Å². The number of hydrogen-bond donors (Lipinski definition) is 1. The predicted octanol–water partition coefficient (Wildman–Crippen LogP) is 1.87. The molecule has 144 valence electrons. The van der Waals surface area contributed by atoms with Crippen LogP contribution in [0.4, 0.5) is 5.69 Å². The van der Waals surface area contributed by atoms with Gasteiger partial charge in [-0.2, -0.15) is 0 Å². The molecule has 1 aliphatic rings. The molecule has 0 saturated carbocycles. The van der Waals surface area contributed by atoms with Gasteiger partial charge in [-0.15, -0.1) is 0 Å². The van der Waals surface area contributed by atoms with Gasteiger partial charge in [-0.25, -0.2) is 0 Å². The number of aromatic nitrogens is 1. The number of ether oxygens (including phenoxy) is 2. The molecule has 0 bridgehead atoms. The quantitative estimate of drug-likeness (QED) is 0.476. The molecule has 1 fully saturated rings. The lowest BCUT2D eigenvalue weighted by atomic mass is 10.2. The maximum absolute atomic E-state index is 5.67. The number of nitrogens with zero attached hydrogens (tertiary/aromatic N) is 4. The zero-order valence-corrected chi connectivity index (χ0v) is 16.0. The average Bonchev–Trinajstić information content (AvgIpc) is 2.75. The third-order valence-electron chi connectivity index (χ3n) is 4.52. The zero-order valence-electron chi connectivity index (χ0n) is 16.0. The second kappa shape index (κ2) is 9.66. The topological polar surface area (TPSA) is 62.2 Å². The van der Waals surface area contributed by atoms with Crippen LogP contribution in [0.2, 0.25) is 0 Å². The standard InChI is InChI=1S/C20H27N5O2/c1-21-20(23-10-15-27-19-4-3-9-22-16-19)25-13-11-24(12-14-25)17-5-7-18(26-2)8-6-17/h3-9,16H,10-15H2,1-2H3,(H,21,23). The van der Waals surface area contributed by atoms with Gasteiger partial charge in [0.05, 0.1) is 19.9 Å². The van der Waals surface area contributed by atoms with Crippen LogP contribution in [0.15, 0.2) is 53.8 Å². The highest BCUT2D eigenvalue weighted by atomic mass is 16.5. The highest BCUT2D eigenvalue weighted by Crippen LogP contribution is 2.20. The van der Waals surface area contributed by atoms with E-state index in [0.29, 0.717) is 13.2 Å². The first kappa shape index (κ1) is 18.8. The van der Waals surface area contributed by atoms with Gasteiger partial charge in [-0.3, -0.25) is 9.98 Å². The fourth-order valence-corrected chi connectivity index (χ4v) is 3.07. The molecule has 0 amide bonds. The van der Waals surface area contributed by atoms with E-state index in [1.54, 1.807) is 19.5 Å². The normalized spacial score (nSPS) is 14.8. The monoisotopic (exact) mass is 369 g/mol. The van der Waals surface area contributed by atoms with Crippen molar-refractivity contribution in [2.45, 2.75) is 0 Å². The Hall–Kier alpha value is -2.96. The Morgan fingerprint density at radius 2 is 1.89 bits per heavy atom. The molecular weight excluding hydrogens is 342 g/mol. The van der Waals surface area contributed by atoms with Crippen LogP contribution in [0.3, 0.4) is 0 Å². The summed E-state index contributed by atoms with van der Waals surface area (Å²) in [4.78, 5) is 13.1. The number of piperazine rings is 1. The molecule has 0 aliphatic carbocycles. The minimum absolute atomic E-state index is 0.566. The fourth-order valence-electron chi connectivity index (χ4n) is 3.07. The molecule has 27 heavy (non-hydrogen) atoms. The van der Waals surface area contributed by atoms with Crippen LogP contribution in [0, 0.1) is 0 Å². The van der Waals surface area contributed by atoms with Crippen molar-refractivity contribution in [2.75, 3.05) is 58.4 Å². The summed E-state index contributed by atoms with van der Waals surface area (Å²) in [6, 6.07) is 12.0. The van der Waals surface area contributed by atoms with E-state index in [9.17, 15) is 0 Å². The summed E-state index contributed by atoms with van der Waals surface area (Å²) in [6.07, 6.45) is 3.45. The number of pyridine rings is 1. The molecule has 2 aromatic rings. The molecule has 0 atom stereocenters. The Bertz CT molecular complexity index is 713. The van der Waals surface area contributed by atoms with Crippen molar-refractivity contribution in [3.63, 3.8) is 0 Å². The molecule has 1 saturated heterocycles. The molecule has 1 aliphatic heterocycles. The van der Waals surface area contributed by atoms with E-state index >= 15 is 0 Å². The Kier molecular flexibility index (Phi) is 6.73. The summed E-state index contributed by atoms with van der Waals surface area (Å²) in [5.41, 5.74) is 1.23. The SMILES string of the molecule is CN=C(NCCOc1cccnc1)N1CCN(c2ccc(OC)cc2)CC1. The van der Waals surface area contributed by atoms with E-state index < -0.39 is 0 Å². The molecule has 1 aromatic carbocycles. The van der Waals surface area contributed by atoms with Crippen LogP contribution in [0.5, 0.6) is 11.5 Å². The van der Waals surface area contributed by atoms with E-state index in [2.05, 4.69) is 37.2 Å². The first-order valence-electron chi connectivity index (χ1n) is 9.17. The van der Waals surface area contributed by atoms with Crippen LogP contribution in [-0.4, -0.2) is 69.3 Å². The third-order valence-corrected chi connectivity index (χ3v) is 4.52. The summed E-state index contributed by atoms with van der Waals surface area (Å²) in [7, 11) is 3.51. The number of hydrogen-bond acceptors (Lipinski definition) is 5. The second-order valence-electron chi connectivity index (χ2n) is 6.18. The van der Waals surface area contributed by atoms with Gasteiger partial charge < -0.3 is 24.6 Å². The lowest BCUT2D eigenvalue weighted by Crippen LogP contribution is -2.53. The van der Waals surface area contributed by atoms with E-state index in [0.717, 1.165) is 43.6 Å². The lowest BCUT2D eigenvalue weighted by molar-refractivity contribution is 0.314. The van der Waals surface area contributed by atoms with Crippen LogP contribution in [0.1, 0.15) is 0 Å². The van der Waals surface area contributed by atoms with Crippen LogP contribution >= 0.6 is 0 Å². The van der Waals surface area contributed by atoms with Crippen molar-refractivity contribution >= 4 is 11.6 Å². The van der Waals surface area contributed by atoms with Gasteiger partial charge in [-0.1, -0.05) is 0 Å². The van der Waals surface area contributed by atoms with Gasteiger partial charge in [0.1, 0.15) is 18.1 Å². The maximum atomic E-state index is 5.67. The van der Waals surface area contributed by atoms with Gasteiger partial charge >= 0.3 is 0 Å². The van der Waals surface area contributed by atoms with Gasteiger partial charge in [0.15, 0.2) is 5.96 Å². The number of methoxy groups -OCH3 is 1. The van der Waals surface area contributed by atoms with Crippen molar-refractivity contribution in [1.29, 1.82) is 0 Å². The van der Waals surface area contributed by atoms with Crippen molar-refractivity contribution in [3.8, 4) is 11.5 Å². The van der Waals surface area contributed by atoms with Gasteiger partial charge in [0.25, 0.3) is 0 Å². The van der Waals surface area contributed by atoms with Gasteiger partial charge in [0, 0.05) is 45.1 Å². The minimum Gasteiger partial charge on any atom is -0.497 e. The molecule has 0 spiro atoms. The Labute approximate surface area is 160 Å². The summed E-state index contributed by atoms with van der Waals surface area (Å²) in [5, 5.41) is 3.37. The van der Waals surface area contributed by atoms with E-state index in [4.69, 9.17) is 9.47 Å². The number of guanidine groups is 1. The third kappa shape index (κ3) is 5.26. The lowest BCUT2D eigenvalue weighted by Gasteiger charge is -2.37. The molecule has 3 rings (SSSR count). The summed E-state index contributed by atoms with van der Waals surface area (Å²) >= 11 is 0. The van der Waals surface area contributed by atoms with Crippen LogP contribution < -0.4 is 19.7 Å². The molecule has 2 heterocycles. The number of rotatable bonds is 6. The fraction of sp³-hybridized carbons (Fsp3) is 0.400. The van der Waals surface area contributed by atoms with Gasteiger partial charge in [-0.05, 0) is 36.4 Å². The van der Waals surface area contributed by atoms with Crippen molar-refractivity contribution < 1.29 is 9.47 Å². The molecule has 1 aromatic heterocycles. The molecule has 0 unspecified atom stereocenters. The maximum Gasteiger partial charge on any atom is 0.193 e. The van der Waals surface area contributed by atoms with Crippen LogP contribution in [0.25, 0.3) is 0 Å². The van der Waals surface area contributed by atoms with Crippen molar-refractivity contribution in [2.24, 2.45) is 4.99 Å². The number of benzene rings is 1. The van der Waals surface area contributed by atoms with E-state index in [1.807, 2.05) is 31.3 Å². The average molecular weight is 369 g/mol. The largest absolute Gasteiger partial charge is 0.497 e. The first-order valence-corrected chi connectivity index (χ1v) is 9.17. The smallest absolute Gasteiger partial charge is 0.193 e. The second-order valence-corrected chi connectivity index (χ2v) is 6.18. The van der Waals surface area contributed by atoms with Crippen molar-refractivity contribution in [1.82, 2.24) is 15.2 Å². The van der Waals surface area contributed by atoms with Crippen LogP contribution in [-0.2, 0) is 0 Å². The molecule has 7 heteroatoms. The molecule has 1 N–H and O–H groups in total. The highest BCUT2D eigenvalue weighted by Gasteiger charge is 2.19. The minimum atomic E-state index is 0.566. The summed E-state index contributed by atoms with van der Waals surface area (Å²) in [6.45, 7) is 5.03. The predicted molar refractivity (Wildman–Crippen MR) is 108 cm³/mol.